The van der Waals surface area contributed by atoms with E-state index in [4.69, 9.17) is 14.0 Å². The number of benzene rings is 1. The minimum absolute atomic E-state index is 0.117. The molecule has 2 aliphatic heterocycles. The summed E-state index contributed by atoms with van der Waals surface area (Å²) in [6.45, 7) is 4.30. The molecule has 10 nitrogen and oxygen atoms in total. The van der Waals surface area contributed by atoms with Gasteiger partial charge in [-0.3, -0.25) is 4.79 Å². The van der Waals surface area contributed by atoms with Gasteiger partial charge in [0.15, 0.2) is 11.5 Å². The Morgan fingerprint density at radius 3 is 2.88 bits per heavy atom. The standard InChI is InChI=1S/C22H24N4O6S2/c1-3-20-24-21(25-32-20)18-10-19(13(2)33-18)34(28,29)26-8-4-5-14(11-26)22(27)23-15-6-7-16-17(9-15)31-12-30-16/h6-7,9-10,14H,3-5,8,11-12H2,1-2H3,(H,23,27). The van der Waals surface area contributed by atoms with Crippen molar-refractivity contribution in [2.24, 2.45) is 5.92 Å². The maximum Gasteiger partial charge on any atom is 0.244 e. The van der Waals surface area contributed by atoms with Gasteiger partial charge in [0.05, 0.1) is 15.7 Å². The van der Waals surface area contributed by atoms with Crippen molar-refractivity contribution in [1.29, 1.82) is 0 Å². The largest absolute Gasteiger partial charge is 0.454 e. The fourth-order valence-electron chi connectivity index (χ4n) is 4.06. The number of hydrogen-bond acceptors (Lipinski definition) is 9. The van der Waals surface area contributed by atoms with Crippen LogP contribution in [0.3, 0.4) is 0 Å². The molecule has 0 radical (unpaired) electrons. The highest BCUT2D eigenvalue weighted by Gasteiger charge is 2.35. The van der Waals surface area contributed by atoms with Crippen LogP contribution in [0.5, 0.6) is 11.5 Å². The highest BCUT2D eigenvalue weighted by atomic mass is 32.2. The molecule has 0 bridgehead atoms. The third-order valence-corrected chi connectivity index (χ3v) is 9.04. The van der Waals surface area contributed by atoms with Gasteiger partial charge in [-0.2, -0.15) is 9.29 Å². The Hall–Kier alpha value is -2.96. The molecular formula is C22H24N4O6S2. The third kappa shape index (κ3) is 4.28. The topological polar surface area (TPSA) is 124 Å². The number of ether oxygens (including phenoxy) is 2. The van der Waals surface area contributed by atoms with Gasteiger partial charge >= 0.3 is 0 Å². The van der Waals surface area contributed by atoms with Crippen molar-refractivity contribution < 1.29 is 27.2 Å². The number of nitrogens with zero attached hydrogens (tertiary/aromatic N) is 3. The van der Waals surface area contributed by atoms with Gasteiger partial charge in [-0.05, 0) is 38.0 Å². The van der Waals surface area contributed by atoms with Crippen LogP contribution in [0.15, 0.2) is 33.7 Å². The van der Waals surface area contributed by atoms with E-state index in [1.54, 1.807) is 31.2 Å². The molecule has 180 valence electrons. The molecule has 5 rings (SSSR count). The van der Waals surface area contributed by atoms with Gasteiger partial charge in [-0.1, -0.05) is 12.1 Å². The number of thiophene rings is 1. The number of sulfonamides is 1. The molecular weight excluding hydrogens is 480 g/mol. The van der Waals surface area contributed by atoms with Crippen LogP contribution < -0.4 is 14.8 Å². The van der Waals surface area contributed by atoms with E-state index < -0.39 is 15.9 Å². The fourth-order valence-corrected chi connectivity index (χ4v) is 7.07. The molecule has 3 aromatic rings. The summed E-state index contributed by atoms with van der Waals surface area (Å²) in [7, 11) is -3.78. The second-order valence-electron chi connectivity index (χ2n) is 8.16. The van der Waals surface area contributed by atoms with E-state index in [9.17, 15) is 13.2 Å². The van der Waals surface area contributed by atoms with Crippen LogP contribution in [0, 0.1) is 12.8 Å². The molecule has 4 heterocycles. The van der Waals surface area contributed by atoms with Crippen LogP contribution in [0.25, 0.3) is 10.7 Å². The van der Waals surface area contributed by atoms with Crippen LogP contribution in [0.4, 0.5) is 5.69 Å². The first-order chi connectivity index (χ1) is 16.3. The summed E-state index contributed by atoms with van der Waals surface area (Å²) < 4.78 is 44.2. The summed E-state index contributed by atoms with van der Waals surface area (Å²) in [5.74, 6) is 1.40. The Kier molecular flexibility index (Phi) is 6.04. The average molecular weight is 505 g/mol. The zero-order valence-electron chi connectivity index (χ0n) is 18.7. The first-order valence-electron chi connectivity index (χ1n) is 11.0. The van der Waals surface area contributed by atoms with E-state index in [2.05, 4.69) is 15.5 Å². The van der Waals surface area contributed by atoms with Gasteiger partial charge in [0.2, 0.25) is 34.4 Å². The van der Waals surface area contributed by atoms with E-state index in [0.717, 1.165) is 0 Å². The molecule has 1 saturated heterocycles. The number of hydrogen-bond donors (Lipinski definition) is 1. The van der Waals surface area contributed by atoms with Gasteiger partial charge in [0.1, 0.15) is 0 Å². The van der Waals surface area contributed by atoms with E-state index in [-0.39, 0.29) is 24.1 Å². The number of aryl methyl sites for hydroxylation is 2. The van der Waals surface area contributed by atoms with Crippen LogP contribution in [0.2, 0.25) is 0 Å². The molecule has 1 fully saturated rings. The van der Waals surface area contributed by atoms with Crippen molar-refractivity contribution in [3.05, 3.63) is 35.0 Å². The number of fused-ring (bicyclic) bond motifs is 1. The van der Waals surface area contributed by atoms with E-state index in [1.165, 1.54) is 15.6 Å². The maximum absolute atomic E-state index is 13.5. The highest BCUT2D eigenvalue weighted by molar-refractivity contribution is 7.89. The van der Waals surface area contributed by atoms with Gasteiger partial charge in [-0.15, -0.1) is 11.3 Å². The molecule has 1 unspecified atom stereocenters. The lowest BCUT2D eigenvalue weighted by Gasteiger charge is -2.31. The zero-order chi connectivity index (χ0) is 23.9. The van der Waals surface area contributed by atoms with Gasteiger partial charge in [0.25, 0.3) is 0 Å². The van der Waals surface area contributed by atoms with Crippen LogP contribution >= 0.6 is 11.3 Å². The molecule has 1 N–H and O–H groups in total. The maximum atomic E-state index is 13.5. The highest BCUT2D eigenvalue weighted by Crippen LogP contribution is 2.36. The van der Waals surface area contributed by atoms with E-state index in [1.807, 2.05) is 6.92 Å². The summed E-state index contributed by atoms with van der Waals surface area (Å²) in [6.07, 6.45) is 1.81. The number of rotatable bonds is 6. The van der Waals surface area contributed by atoms with Gasteiger partial charge < -0.3 is 19.3 Å². The summed E-state index contributed by atoms with van der Waals surface area (Å²) in [5, 5.41) is 6.83. The minimum Gasteiger partial charge on any atom is -0.454 e. The second-order valence-corrected chi connectivity index (χ2v) is 11.3. The predicted octanol–water partition coefficient (Wildman–Crippen LogP) is 3.44. The average Bonchev–Trinajstić information content (AvgIpc) is 3.58. The Morgan fingerprint density at radius 2 is 2.09 bits per heavy atom. The molecule has 12 heteroatoms. The molecule has 0 aliphatic carbocycles. The molecule has 1 aromatic carbocycles. The van der Waals surface area contributed by atoms with Crippen LogP contribution in [0.1, 0.15) is 30.5 Å². The molecule has 0 saturated carbocycles. The van der Waals surface area contributed by atoms with Gasteiger partial charge in [-0.25, -0.2) is 8.42 Å². The van der Waals surface area contributed by atoms with Crippen LogP contribution in [-0.4, -0.2) is 48.7 Å². The lowest BCUT2D eigenvalue weighted by atomic mass is 9.98. The number of anilines is 1. The summed E-state index contributed by atoms with van der Waals surface area (Å²) in [4.78, 5) is 18.7. The molecule has 0 spiro atoms. The lowest BCUT2D eigenvalue weighted by Crippen LogP contribution is -2.43. The Labute approximate surface area is 200 Å². The molecule has 34 heavy (non-hydrogen) atoms. The Morgan fingerprint density at radius 1 is 1.26 bits per heavy atom. The monoisotopic (exact) mass is 504 g/mol. The van der Waals surface area contributed by atoms with Crippen LogP contribution in [-0.2, 0) is 21.2 Å². The number of piperidine rings is 1. The van der Waals surface area contributed by atoms with Crippen molar-refractivity contribution in [1.82, 2.24) is 14.4 Å². The molecule has 2 aliphatic rings. The number of nitrogens with one attached hydrogen (secondary N) is 1. The predicted molar refractivity (Wildman–Crippen MR) is 124 cm³/mol. The number of aromatic nitrogens is 2. The van der Waals surface area contributed by atoms with Gasteiger partial charge in [0, 0.05) is 36.1 Å². The van der Waals surface area contributed by atoms with E-state index in [0.29, 0.717) is 64.5 Å². The van der Waals surface area contributed by atoms with Crippen molar-refractivity contribution in [2.45, 2.75) is 38.0 Å². The SMILES string of the molecule is CCc1nc(-c2cc(S(=O)(=O)N3CCCC(C(=O)Nc4ccc5c(c4)OCO5)C3)c(C)s2)no1. The van der Waals surface area contributed by atoms with Crippen molar-refractivity contribution in [3.63, 3.8) is 0 Å². The molecule has 1 amide bonds. The smallest absolute Gasteiger partial charge is 0.244 e. The van der Waals surface area contributed by atoms with Crippen molar-refractivity contribution in [3.8, 4) is 22.2 Å². The zero-order valence-corrected chi connectivity index (χ0v) is 20.4. The normalized spacial score (nSPS) is 18.2. The minimum atomic E-state index is -3.78. The Balaban J connectivity index is 1.31. The molecule has 2 aromatic heterocycles. The first kappa shape index (κ1) is 22.8. The third-order valence-electron chi connectivity index (χ3n) is 5.88. The Bertz CT molecular complexity index is 1330. The van der Waals surface area contributed by atoms with Crippen molar-refractivity contribution in [2.75, 3.05) is 25.2 Å². The molecule has 1 atom stereocenters. The summed E-state index contributed by atoms with van der Waals surface area (Å²) in [5.41, 5.74) is 0.583. The fraction of sp³-hybridized carbons (Fsp3) is 0.409. The lowest BCUT2D eigenvalue weighted by molar-refractivity contribution is -0.120. The second kappa shape index (κ2) is 9.01. The number of carbonyl (C=O) groups excluding carboxylic acids is 1. The first-order valence-corrected chi connectivity index (χ1v) is 13.2. The number of carbonyl (C=O) groups is 1. The quantitative estimate of drug-likeness (QED) is 0.541. The van der Waals surface area contributed by atoms with Crippen molar-refractivity contribution >= 4 is 33.0 Å². The summed E-state index contributed by atoms with van der Waals surface area (Å²) in [6, 6.07) is 6.77. The summed E-state index contributed by atoms with van der Waals surface area (Å²) >= 11 is 1.31. The number of amides is 1. The van der Waals surface area contributed by atoms with E-state index >= 15 is 0 Å².